The van der Waals surface area contributed by atoms with Crippen LogP contribution in [0.15, 0.2) is 0 Å². The SMILES string of the molecule is CC(C)(C)OC(=O)NCC(F)(F)CNC1COC(C)(C)OC1. The number of carbonyl (C=O) groups is 1. The number of amides is 1. The third-order valence-corrected chi connectivity index (χ3v) is 2.80. The average molecular weight is 324 g/mol. The smallest absolute Gasteiger partial charge is 0.407 e. The van der Waals surface area contributed by atoms with Crippen molar-refractivity contribution >= 4 is 6.09 Å². The Morgan fingerprint density at radius 3 is 2.27 bits per heavy atom. The Morgan fingerprint density at radius 1 is 1.23 bits per heavy atom. The molecular weight excluding hydrogens is 298 g/mol. The Labute approximate surface area is 129 Å². The second-order valence-electron chi connectivity index (χ2n) is 6.81. The number of ether oxygens (including phenoxy) is 3. The molecule has 1 rings (SSSR count). The molecule has 1 heterocycles. The van der Waals surface area contributed by atoms with Crippen LogP contribution in [0.1, 0.15) is 34.6 Å². The Hall–Kier alpha value is -0.990. The average Bonchev–Trinajstić information content (AvgIpc) is 2.33. The first-order valence-electron chi connectivity index (χ1n) is 7.25. The van der Waals surface area contributed by atoms with Gasteiger partial charge in [-0.25, -0.2) is 13.6 Å². The van der Waals surface area contributed by atoms with Crippen LogP contribution in [0.25, 0.3) is 0 Å². The zero-order valence-corrected chi connectivity index (χ0v) is 13.8. The highest BCUT2D eigenvalue weighted by Gasteiger charge is 2.33. The fourth-order valence-electron chi connectivity index (χ4n) is 1.68. The molecule has 1 amide bonds. The van der Waals surface area contributed by atoms with Crippen LogP contribution in [0.5, 0.6) is 0 Å². The van der Waals surface area contributed by atoms with Crippen LogP contribution in [-0.4, -0.2) is 55.7 Å². The maximum Gasteiger partial charge on any atom is 0.407 e. The molecule has 0 aromatic heterocycles. The first kappa shape index (κ1) is 19.1. The number of nitrogens with one attached hydrogen (secondary N) is 2. The first-order valence-corrected chi connectivity index (χ1v) is 7.25. The number of halogens is 2. The van der Waals surface area contributed by atoms with Gasteiger partial charge in [0.2, 0.25) is 0 Å². The van der Waals surface area contributed by atoms with Crippen molar-refractivity contribution in [1.82, 2.24) is 10.6 Å². The molecule has 2 N–H and O–H groups in total. The molecule has 0 saturated carbocycles. The normalized spacial score (nSPS) is 19.8. The van der Waals surface area contributed by atoms with Gasteiger partial charge in [0.15, 0.2) is 5.79 Å². The number of hydrogen-bond donors (Lipinski definition) is 2. The quantitative estimate of drug-likeness (QED) is 0.808. The van der Waals surface area contributed by atoms with Gasteiger partial charge in [-0.1, -0.05) is 0 Å². The van der Waals surface area contributed by atoms with Gasteiger partial charge in [-0.2, -0.15) is 0 Å². The van der Waals surface area contributed by atoms with Gasteiger partial charge < -0.3 is 24.8 Å². The minimum absolute atomic E-state index is 0.294. The van der Waals surface area contributed by atoms with Crippen LogP contribution < -0.4 is 10.6 Å². The molecule has 1 fully saturated rings. The molecule has 6 nitrogen and oxygen atoms in total. The van der Waals surface area contributed by atoms with Gasteiger partial charge >= 0.3 is 6.09 Å². The number of alkyl halides is 2. The highest BCUT2D eigenvalue weighted by atomic mass is 19.3. The van der Waals surface area contributed by atoms with Crippen LogP contribution >= 0.6 is 0 Å². The summed E-state index contributed by atoms with van der Waals surface area (Å²) in [5.41, 5.74) is -0.721. The van der Waals surface area contributed by atoms with Crippen molar-refractivity contribution in [3.8, 4) is 0 Å². The van der Waals surface area contributed by atoms with Crippen molar-refractivity contribution in [2.24, 2.45) is 0 Å². The zero-order valence-electron chi connectivity index (χ0n) is 13.8. The van der Waals surface area contributed by atoms with Gasteiger partial charge in [0.25, 0.3) is 5.92 Å². The lowest BCUT2D eigenvalue weighted by molar-refractivity contribution is -0.253. The van der Waals surface area contributed by atoms with Gasteiger partial charge in [0.1, 0.15) is 5.60 Å². The van der Waals surface area contributed by atoms with Crippen molar-refractivity contribution in [3.63, 3.8) is 0 Å². The van der Waals surface area contributed by atoms with E-state index in [9.17, 15) is 13.6 Å². The van der Waals surface area contributed by atoms with E-state index in [1.165, 1.54) is 0 Å². The van der Waals surface area contributed by atoms with Crippen molar-refractivity contribution in [1.29, 1.82) is 0 Å². The summed E-state index contributed by atoms with van der Waals surface area (Å²) in [6, 6.07) is -0.305. The molecule has 1 aliphatic rings. The molecule has 0 aromatic rings. The molecule has 0 atom stereocenters. The van der Waals surface area contributed by atoms with E-state index in [4.69, 9.17) is 14.2 Å². The molecule has 0 spiro atoms. The zero-order chi connectivity index (χ0) is 17.0. The summed E-state index contributed by atoms with van der Waals surface area (Å²) in [5, 5.41) is 4.75. The van der Waals surface area contributed by atoms with Gasteiger partial charge in [-0.15, -0.1) is 0 Å². The number of carbonyl (C=O) groups excluding carboxylic acids is 1. The van der Waals surface area contributed by atoms with Crippen LogP contribution in [-0.2, 0) is 14.2 Å². The molecule has 130 valence electrons. The van der Waals surface area contributed by atoms with Crippen LogP contribution in [0, 0.1) is 0 Å². The molecule has 8 heteroatoms. The summed E-state index contributed by atoms with van der Waals surface area (Å²) < 4.78 is 43.1. The van der Waals surface area contributed by atoms with E-state index >= 15 is 0 Å². The molecule has 22 heavy (non-hydrogen) atoms. The van der Waals surface area contributed by atoms with Crippen LogP contribution in [0.2, 0.25) is 0 Å². The molecule has 0 bridgehead atoms. The van der Waals surface area contributed by atoms with Crippen LogP contribution in [0.3, 0.4) is 0 Å². The molecule has 0 aliphatic carbocycles. The Bertz CT molecular complexity index is 374. The lowest BCUT2D eigenvalue weighted by Crippen LogP contribution is -2.53. The summed E-state index contributed by atoms with van der Waals surface area (Å²) in [5.74, 6) is -3.77. The monoisotopic (exact) mass is 324 g/mol. The van der Waals surface area contributed by atoms with Crippen molar-refractivity contribution in [2.45, 2.75) is 58.0 Å². The lowest BCUT2D eigenvalue weighted by Gasteiger charge is -2.35. The fourth-order valence-corrected chi connectivity index (χ4v) is 1.68. The van der Waals surface area contributed by atoms with E-state index < -0.39 is 36.5 Å². The predicted octanol–water partition coefficient (Wildman–Crippen LogP) is 1.89. The first-order chi connectivity index (χ1) is 9.89. The summed E-state index contributed by atoms with van der Waals surface area (Å²) in [6.07, 6.45) is -0.863. The highest BCUT2D eigenvalue weighted by Crippen LogP contribution is 2.18. The van der Waals surface area contributed by atoms with Crippen LogP contribution in [0.4, 0.5) is 13.6 Å². The Balaban J connectivity index is 2.28. The van der Waals surface area contributed by atoms with E-state index in [-0.39, 0.29) is 6.04 Å². The third-order valence-electron chi connectivity index (χ3n) is 2.80. The molecular formula is C14H26F2N2O4. The van der Waals surface area contributed by atoms with Gasteiger partial charge in [-0.05, 0) is 34.6 Å². The molecule has 0 aromatic carbocycles. The standard InChI is InChI=1S/C14H26F2N2O4/c1-12(2,3)22-11(19)18-9-14(15,16)8-17-10-6-20-13(4,5)21-7-10/h10,17H,6-9H2,1-5H3,(H,18,19). The Morgan fingerprint density at radius 2 is 1.77 bits per heavy atom. The lowest BCUT2D eigenvalue weighted by atomic mass is 10.2. The second kappa shape index (κ2) is 7.06. The van der Waals surface area contributed by atoms with Gasteiger partial charge in [0.05, 0.1) is 32.3 Å². The van der Waals surface area contributed by atoms with Gasteiger partial charge in [0, 0.05) is 0 Å². The number of alkyl carbamates (subject to hydrolysis) is 1. The van der Waals surface area contributed by atoms with E-state index in [0.717, 1.165) is 0 Å². The fraction of sp³-hybridized carbons (Fsp3) is 0.929. The molecule has 1 saturated heterocycles. The van der Waals surface area contributed by atoms with E-state index in [0.29, 0.717) is 13.2 Å². The predicted molar refractivity (Wildman–Crippen MR) is 77.0 cm³/mol. The maximum absolute atomic E-state index is 13.7. The summed E-state index contributed by atoms with van der Waals surface area (Å²) in [7, 11) is 0. The number of rotatable bonds is 5. The highest BCUT2D eigenvalue weighted by molar-refractivity contribution is 5.67. The molecule has 1 aliphatic heterocycles. The topological polar surface area (TPSA) is 68.8 Å². The van der Waals surface area contributed by atoms with E-state index in [1.54, 1.807) is 34.6 Å². The molecule has 0 radical (unpaired) electrons. The second-order valence-corrected chi connectivity index (χ2v) is 6.81. The summed E-state index contributed by atoms with van der Waals surface area (Å²) >= 11 is 0. The number of hydrogen-bond acceptors (Lipinski definition) is 5. The largest absolute Gasteiger partial charge is 0.444 e. The Kier molecular flexibility index (Phi) is 6.11. The van der Waals surface area contributed by atoms with Crippen molar-refractivity contribution in [2.75, 3.05) is 26.3 Å². The summed E-state index contributed by atoms with van der Waals surface area (Å²) in [4.78, 5) is 11.4. The van der Waals surface area contributed by atoms with Crippen molar-refractivity contribution < 1.29 is 27.8 Å². The minimum Gasteiger partial charge on any atom is -0.444 e. The van der Waals surface area contributed by atoms with Crippen molar-refractivity contribution in [3.05, 3.63) is 0 Å². The summed E-state index contributed by atoms with van der Waals surface area (Å²) in [6.45, 7) is 7.73. The third kappa shape index (κ3) is 7.86. The van der Waals surface area contributed by atoms with Gasteiger partial charge in [-0.3, -0.25) is 0 Å². The minimum atomic E-state index is -3.09. The molecule has 0 unspecified atom stereocenters. The maximum atomic E-state index is 13.7. The van der Waals surface area contributed by atoms with E-state index in [1.807, 2.05) is 0 Å². The van der Waals surface area contributed by atoms with E-state index in [2.05, 4.69) is 10.6 Å².